The normalized spacial score (nSPS) is 9.67. The molecule has 0 heterocycles. The molecule has 0 aliphatic heterocycles. The molecular weight excluding hydrogens is 228 g/mol. The molecule has 0 spiro atoms. The van der Waals surface area contributed by atoms with Crippen LogP contribution in [0, 0.1) is 0 Å². The predicted molar refractivity (Wildman–Crippen MR) is 62.2 cm³/mol. The molecule has 0 N–H and O–H groups in total. The molecule has 0 amide bonds. The Kier molecular flexibility index (Phi) is 19.5. The summed E-state index contributed by atoms with van der Waals surface area (Å²) in [6.07, 6.45) is 15.8. The number of unbranched alkanes of at least 4 members (excludes halogenated alkanes) is 10. The van der Waals surface area contributed by atoms with Crippen LogP contribution < -0.4 is 0 Å². The fourth-order valence-corrected chi connectivity index (χ4v) is 1.68. The Hall–Kier alpha value is 0.189. The van der Waals surface area contributed by atoms with E-state index in [4.69, 9.17) is 0 Å². The van der Waals surface area contributed by atoms with Gasteiger partial charge in [0.1, 0.15) is 0 Å². The van der Waals surface area contributed by atoms with E-state index in [1.807, 2.05) is 6.29 Å². The third-order valence-electron chi connectivity index (χ3n) is 2.63. The molecule has 0 unspecified atom stereocenters. The van der Waals surface area contributed by atoms with Crippen molar-refractivity contribution < 1.29 is 21.9 Å². The maximum atomic E-state index is 9.92. The molecule has 0 rings (SSSR count). The molecule has 0 saturated carbocycles. The first kappa shape index (κ1) is 17.6. The summed E-state index contributed by atoms with van der Waals surface area (Å²) in [5, 5.41) is 0. The van der Waals surface area contributed by atoms with E-state index in [1.165, 1.54) is 57.8 Å². The van der Waals surface area contributed by atoms with Gasteiger partial charge in [0.25, 0.3) is 0 Å². The second kappa shape index (κ2) is 16.6. The van der Waals surface area contributed by atoms with Crippen LogP contribution in [0.2, 0.25) is 0 Å². The number of rotatable bonds is 11. The monoisotopic (exact) mass is 253 g/mol. The molecule has 0 saturated heterocycles. The summed E-state index contributed by atoms with van der Waals surface area (Å²) in [6.45, 7) is 2.25. The molecule has 1 nitrogen and oxygen atoms in total. The van der Waals surface area contributed by atoms with Gasteiger partial charge in [-0.2, -0.15) is 6.42 Å². The van der Waals surface area contributed by atoms with Gasteiger partial charge in [0, 0.05) is 17.1 Å². The maximum absolute atomic E-state index is 9.92. The summed E-state index contributed by atoms with van der Waals surface area (Å²) in [6, 6.07) is 0. The van der Waals surface area contributed by atoms with Crippen LogP contribution in [0.5, 0.6) is 0 Å². The van der Waals surface area contributed by atoms with Gasteiger partial charge in [0.2, 0.25) is 0 Å². The SMILES string of the molecule is CCCCCCCCCCCC[C-]=O.[Fe]. The average Bonchev–Trinajstić information content (AvgIpc) is 2.21. The van der Waals surface area contributed by atoms with Crippen molar-refractivity contribution in [3.8, 4) is 0 Å². The van der Waals surface area contributed by atoms with Crippen molar-refractivity contribution in [2.24, 2.45) is 0 Å². The minimum absolute atomic E-state index is 0. The second-order valence-corrected chi connectivity index (χ2v) is 4.08. The van der Waals surface area contributed by atoms with Gasteiger partial charge in [-0.05, 0) is 0 Å². The fourth-order valence-electron chi connectivity index (χ4n) is 1.68. The molecule has 0 radical (unpaired) electrons. The molecule has 0 aromatic carbocycles. The molecule has 0 atom stereocenters. The van der Waals surface area contributed by atoms with Crippen LogP contribution >= 0.6 is 0 Å². The van der Waals surface area contributed by atoms with E-state index in [2.05, 4.69) is 6.92 Å². The number of hydrogen-bond donors (Lipinski definition) is 0. The van der Waals surface area contributed by atoms with Gasteiger partial charge in [-0.1, -0.05) is 71.1 Å². The largest absolute Gasteiger partial charge is 0.542 e. The molecule has 92 valence electrons. The van der Waals surface area contributed by atoms with E-state index in [-0.39, 0.29) is 17.1 Å². The van der Waals surface area contributed by atoms with Crippen molar-refractivity contribution in [3.63, 3.8) is 0 Å². The third kappa shape index (κ3) is 16.8. The molecule has 0 fully saturated rings. The zero-order chi connectivity index (χ0) is 10.5. The summed E-state index contributed by atoms with van der Waals surface area (Å²) < 4.78 is 0. The van der Waals surface area contributed by atoms with E-state index in [9.17, 15) is 4.79 Å². The minimum Gasteiger partial charge on any atom is -0.542 e. The van der Waals surface area contributed by atoms with Gasteiger partial charge in [-0.15, -0.1) is 0 Å². The predicted octanol–water partition coefficient (Wildman–Crippen LogP) is 4.40. The Bertz CT molecular complexity index is 115. The van der Waals surface area contributed by atoms with Gasteiger partial charge in [-0.3, -0.25) is 6.29 Å². The van der Waals surface area contributed by atoms with E-state index in [1.54, 1.807) is 0 Å². The van der Waals surface area contributed by atoms with Gasteiger partial charge < -0.3 is 4.79 Å². The summed E-state index contributed by atoms with van der Waals surface area (Å²) in [5.74, 6) is 0. The number of carbonyl (C=O) groups excluding carboxylic acids is 1. The summed E-state index contributed by atoms with van der Waals surface area (Å²) in [4.78, 5) is 9.92. The second-order valence-electron chi connectivity index (χ2n) is 4.08. The average molecular weight is 253 g/mol. The fraction of sp³-hybridized carbons (Fsp3) is 0.923. The van der Waals surface area contributed by atoms with Crippen molar-refractivity contribution >= 4 is 6.29 Å². The van der Waals surface area contributed by atoms with E-state index < -0.39 is 0 Å². The third-order valence-corrected chi connectivity index (χ3v) is 2.63. The molecule has 0 aromatic heterocycles. The number of hydrogen-bond acceptors (Lipinski definition) is 1. The van der Waals surface area contributed by atoms with Gasteiger partial charge in [0.05, 0.1) is 0 Å². The quantitative estimate of drug-likeness (QED) is 0.303. The molecule has 0 aliphatic rings. The maximum Gasteiger partial charge on any atom is 0 e. The first-order valence-corrected chi connectivity index (χ1v) is 6.26. The van der Waals surface area contributed by atoms with Crippen LogP contribution in [0.25, 0.3) is 0 Å². The van der Waals surface area contributed by atoms with Crippen molar-refractivity contribution in [3.05, 3.63) is 0 Å². The van der Waals surface area contributed by atoms with Gasteiger partial charge in [0.15, 0.2) is 0 Å². The summed E-state index contributed by atoms with van der Waals surface area (Å²) in [7, 11) is 0. The first-order chi connectivity index (χ1) is 6.91. The van der Waals surface area contributed by atoms with Crippen molar-refractivity contribution in [2.75, 3.05) is 0 Å². The zero-order valence-corrected chi connectivity index (χ0v) is 11.1. The van der Waals surface area contributed by atoms with Gasteiger partial charge in [-0.25, -0.2) is 0 Å². The Morgan fingerprint density at radius 2 is 1.13 bits per heavy atom. The van der Waals surface area contributed by atoms with Gasteiger partial charge >= 0.3 is 0 Å². The zero-order valence-electron chi connectivity index (χ0n) is 10.0. The summed E-state index contributed by atoms with van der Waals surface area (Å²) in [5.41, 5.74) is 0. The topological polar surface area (TPSA) is 17.1 Å². The Morgan fingerprint density at radius 1 is 0.733 bits per heavy atom. The van der Waals surface area contributed by atoms with E-state index in [0.717, 1.165) is 6.42 Å². The standard InChI is InChI=1S/C13H25O.Fe/c1-2-3-4-5-6-7-8-9-10-11-12-13-14;/h2-12H2,1H3;/q-1;. The van der Waals surface area contributed by atoms with Crippen molar-refractivity contribution in [2.45, 2.75) is 77.6 Å². The molecule has 0 aliphatic carbocycles. The molecular formula is C13H25FeO-. The van der Waals surface area contributed by atoms with Crippen molar-refractivity contribution in [1.29, 1.82) is 0 Å². The van der Waals surface area contributed by atoms with Crippen molar-refractivity contribution in [1.82, 2.24) is 0 Å². The van der Waals surface area contributed by atoms with E-state index >= 15 is 0 Å². The van der Waals surface area contributed by atoms with E-state index in [0.29, 0.717) is 6.42 Å². The molecule has 2 heteroatoms. The van der Waals surface area contributed by atoms with Crippen LogP contribution in [-0.2, 0) is 21.9 Å². The van der Waals surface area contributed by atoms with Crippen LogP contribution in [0.15, 0.2) is 0 Å². The molecule has 0 bridgehead atoms. The Labute approximate surface area is 106 Å². The minimum atomic E-state index is 0. The van der Waals surface area contributed by atoms with Crippen LogP contribution in [0.1, 0.15) is 77.6 Å². The first-order valence-electron chi connectivity index (χ1n) is 6.26. The van der Waals surface area contributed by atoms with Crippen LogP contribution in [0.3, 0.4) is 0 Å². The molecule has 15 heavy (non-hydrogen) atoms. The molecule has 0 aromatic rings. The smallest absolute Gasteiger partial charge is 0 e. The summed E-state index contributed by atoms with van der Waals surface area (Å²) >= 11 is 0. The Balaban J connectivity index is 0. The van der Waals surface area contributed by atoms with Crippen LogP contribution in [-0.4, -0.2) is 6.29 Å². The van der Waals surface area contributed by atoms with Crippen LogP contribution in [0.4, 0.5) is 0 Å². The Morgan fingerprint density at radius 3 is 1.53 bits per heavy atom.